The number of benzene rings is 2. The second kappa shape index (κ2) is 9.61. The van der Waals surface area contributed by atoms with Crippen molar-refractivity contribution < 1.29 is 14.3 Å². The van der Waals surface area contributed by atoms with Crippen LogP contribution in [0.25, 0.3) is 10.8 Å². The van der Waals surface area contributed by atoms with Gasteiger partial charge in [-0.15, -0.1) is 12.4 Å². The number of hydrogen-bond donors (Lipinski definition) is 2. The van der Waals surface area contributed by atoms with Crippen molar-refractivity contribution in [2.24, 2.45) is 11.7 Å². The largest absolute Gasteiger partial charge is 0.491 e. The van der Waals surface area contributed by atoms with Crippen LogP contribution in [-0.4, -0.2) is 38.3 Å². The van der Waals surface area contributed by atoms with Crippen molar-refractivity contribution in [3.8, 4) is 5.75 Å². The van der Waals surface area contributed by atoms with E-state index in [1.165, 1.54) is 0 Å². The maximum atomic E-state index is 12.1. The summed E-state index contributed by atoms with van der Waals surface area (Å²) < 4.78 is 11.1. The van der Waals surface area contributed by atoms with Crippen molar-refractivity contribution in [2.75, 3.05) is 26.4 Å². The highest BCUT2D eigenvalue weighted by Crippen LogP contribution is 2.24. The minimum atomic E-state index is -0.466. The number of amides is 1. The van der Waals surface area contributed by atoms with E-state index < -0.39 is 6.04 Å². The van der Waals surface area contributed by atoms with E-state index >= 15 is 0 Å². The molecule has 2 aromatic rings. The summed E-state index contributed by atoms with van der Waals surface area (Å²) in [5.41, 5.74) is 6.05. The highest BCUT2D eigenvalue weighted by atomic mass is 35.5. The monoisotopic (exact) mass is 364 g/mol. The molecule has 3 N–H and O–H groups in total. The van der Waals surface area contributed by atoms with Crippen molar-refractivity contribution in [3.05, 3.63) is 42.5 Å². The standard InChI is InChI=1S/C19H24N2O3.ClH/c20-18(15-8-11-23-12-9-15)19(22)21-10-13-24-17-7-3-5-14-4-1-2-6-16(14)17;/h1-7,15,18H,8-13,20H2,(H,21,22);1H. The van der Waals surface area contributed by atoms with Gasteiger partial charge < -0.3 is 20.5 Å². The molecule has 1 unspecified atom stereocenters. The summed E-state index contributed by atoms with van der Waals surface area (Å²) in [5, 5.41) is 5.08. The van der Waals surface area contributed by atoms with Crippen LogP contribution in [0.2, 0.25) is 0 Å². The van der Waals surface area contributed by atoms with E-state index in [1.807, 2.05) is 30.3 Å². The molecule has 5 nitrogen and oxygen atoms in total. The number of nitrogens with one attached hydrogen (secondary N) is 1. The molecule has 0 aromatic heterocycles. The quantitative estimate of drug-likeness (QED) is 0.772. The molecule has 136 valence electrons. The van der Waals surface area contributed by atoms with Gasteiger partial charge in [0.1, 0.15) is 12.4 Å². The van der Waals surface area contributed by atoms with Gasteiger partial charge in [-0.2, -0.15) is 0 Å². The first kappa shape index (κ1) is 19.5. The van der Waals surface area contributed by atoms with Crippen LogP contribution < -0.4 is 15.8 Å². The van der Waals surface area contributed by atoms with E-state index in [4.69, 9.17) is 15.2 Å². The molecule has 0 bridgehead atoms. The summed E-state index contributed by atoms with van der Waals surface area (Å²) >= 11 is 0. The molecule has 2 aromatic carbocycles. The molecule has 3 rings (SSSR count). The average Bonchev–Trinajstić information content (AvgIpc) is 2.65. The molecule has 0 radical (unpaired) electrons. The Morgan fingerprint density at radius 3 is 2.72 bits per heavy atom. The molecule has 1 aliphatic rings. The molecule has 0 spiro atoms. The molecular weight excluding hydrogens is 340 g/mol. The minimum absolute atomic E-state index is 0. The summed E-state index contributed by atoms with van der Waals surface area (Å²) in [6.45, 7) is 2.24. The third kappa shape index (κ3) is 5.08. The topological polar surface area (TPSA) is 73.6 Å². The molecule has 1 amide bonds. The van der Waals surface area contributed by atoms with Crippen LogP contribution in [0.15, 0.2) is 42.5 Å². The maximum absolute atomic E-state index is 12.1. The van der Waals surface area contributed by atoms with E-state index in [9.17, 15) is 4.79 Å². The van der Waals surface area contributed by atoms with Gasteiger partial charge in [0.05, 0.1) is 12.6 Å². The Morgan fingerprint density at radius 1 is 1.20 bits per heavy atom. The molecule has 1 heterocycles. The van der Waals surface area contributed by atoms with E-state index in [2.05, 4.69) is 17.4 Å². The van der Waals surface area contributed by atoms with E-state index in [-0.39, 0.29) is 24.2 Å². The summed E-state index contributed by atoms with van der Waals surface area (Å²) in [6.07, 6.45) is 1.70. The number of carbonyl (C=O) groups excluding carboxylic acids is 1. The van der Waals surface area contributed by atoms with Gasteiger partial charge in [0.15, 0.2) is 0 Å². The van der Waals surface area contributed by atoms with Gasteiger partial charge in [-0.05, 0) is 30.2 Å². The molecule has 6 heteroatoms. The summed E-state index contributed by atoms with van der Waals surface area (Å²) in [6, 6.07) is 13.6. The van der Waals surface area contributed by atoms with E-state index in [0.29, 0.717) is 26.4 Å². The van der Waals surface area contributed by atoms with Crippen LogP contribution in [0, 0.1) is 5.92 Å². The highest BCUT2D eigenvalue weighted by molar-refractivity contribution is 5.88. The number of hydrogen-bond acceptors (Lipinski definition) is 4. The first-order valence-corrected chi connectivity index (χ1v) is 8.47. The van der Waals surface area contributed by atoms with E-state index in [1.54, 1.807) is 0 Å². The van der Waals surface area contributed by atoms with Crippen molar-refractivity contribution >= 4 is 29.1 Å². The Kier molecular flexibility index (Phi) is 7.50. The molecule has 1 fully saturated rings. The number of ether oxygens (including phenoxy) is 2. The maximum Gasteiger partial charge on any atom is 0.237 e. The zero-order chi connectivity index (χ0) is 16.8. The van der Waals surface area contributed by atoms with Gasteiger partial charge in [-0.3, -0.25) is 4.79 Å². The van der Waals surface area contributed by atoms with Crippen molar-refractivity contribution in [1.29, 1.82) is 0 Å². The molecule has 1 aliphatic heterocycles. The fourth-order valence-corrected chi connectivity index (χ4v) is 3.06. The molecule has 0 saturated carbocycles. The molecular formula is C19H25ClN2O3. The first-order valence-electron chi connectivity index (χ1n) is 8.47. The molecule has 1 saturated heterocycles. The second-order valence-corrected chi connectivity index (χ2v) is 6.09. The van der Waals surface area contributed by atoms with Crippen molar-refractivity contribution in [2.45, 2.75) is 18.9 Å². The van der Waals surface area contributed by atoms with Gasteiger partial charge in [0.25, 0.3) is 0 Å². The highest BCUT2D eigenvalue weighted by Gasteiger charge is 2.26. The lowest BCUT2D eigenvalue weighted by Crippen LogP contribution is -2.47. The first-order chi connectivity index (χ1) is 11.8. The predicted octanol–water partition coefficient (Wildman–Crippen LogP) is 2.51. The number of rotatable bonds is 6. The van der Waals surface area contributed by atoms with Crippen LogP contribution in [0.3, 0.4) is 0 Å². The third-order valence-corrected chi connectivity index (χ3v) is 4.49. The lowest BCUT2D eigenvalue weighted by atomic mass is 9.92. The molecule has 1 atom stereocenters. The number of halogens is 1. The third-order valence-electron chi connectivity index (χ3n) is 4.49. The summed E-state index contributed by atoms with van der Waals surface area (Å²) in [7, 11) is 0. The minimum Gasteiger partial charge on any atom is -0.491 e. The van der Waals surface area contributed by atoms with Crippen LogP contribution in [0.4, 0.5) is 0 Å². The fourth-order valence-electron chi connectivity index (χ4n) is 3.06. The Bertz CT molecular complexity index is 684. The lowest BCUT2D eigenvalue weighted by molar-refractivity contribution is -0.124. The normalized spacial score (nSPS) is 16.0. The fraction of sp³-hybridized carbons (Fsp3) is 0.421. The van der Waals surface area contributed by atoms with Crippen molar-refractivity contribution in [1.82, 2.24) is 5.32 Å². The number of fused-ring (bicyclic) bond motifs is 1. The summed E-state index contributed by atoms with van der Waals surface area (Å²) in [4.78, 5) is 12.1. The van der Waals surface area contributed by atoms with Crippen LogP contribution in [0.1, 0.15) is 12.8 Å². The second-order valence-electron chi connectivity index (χ2n) is 6.09. The number of nitrogens with two attached hydrogens (primary N) is 1. The predicted molar refractivity (Wildman–Crippen MR) is 101 cm³/mol. The zero-order valence-electron chi connectivity index (χ0n) is 14.1. The van der Waals surface area contributed by atoms with E-state index in [0.717, 1.165) is 29.4 Å². The Hall–Kier alpha value is -1.82. The van der Waals surface area contributed by atoms with Crippen molar-refractivity contribution in [3.63, 3.8) is 0 Å². The van der Waals surface area contributed by atoms with Gasteiger partial charge in [0.2, 0.25) is 5.91 Å². The SMILES string of the molecule is Cl.NC(C(=O)NCCOc1cccc2ccccc12)C1CCOCC1. The zero-order valence-corrected chi connectivity index (χ0v) is 15.0. The summed E-state index contributed by atoms with van der Waals surface area (Å²) in [5.74, 6) is 0.928. The Morgan fingerprint density at radius 2 is 1.92 bits per heavy atom. The smallest absolute Gasteiger partial charge is 0.237 e. The number of carbonyl (C=O) groups is 1. The average molecular weight is 365 g/mol. The van der Waals surface area contributed by atoms with Gasteiger partial charge in [0, 0.05) is 18.6 Å². The van der Waals surface area contributed by atoms with Crippen LogP contribution in [0.5, 0.6) is 5.75 Å². The molecule has 0 aliphatic carbocycles. The Labute approximate surface area is 154 Å². The van der Waals surface area contributed by atoms with Gasteiger partial charge in [-0.25, -0.2) is 0 Å². The Balaban J connectivity index is 0.00000225. The van der Waals surface area contributed by atoms with Gasteiger partial charge >= 0.3 is 0 Å². The van der Waals surface area contributed by atoms with Crippen LogP contribution in [-0.2, 0) is 9.53 Å². The van der Waals surface area contributed by atoms with Gasteiger partial charge in [-0.1, -0.05) is 36.4 Å². The molecule has 25 heavy (non-hydrogen) atoms. The lowest BCUT2D eigenvalue weighted by Gasteiger charge is -2.26. The van der Waals surface area contributed by atoms with Crippen LogP contribution >= 0.6 is 12.4 Å².